The van der Waals surface area contributed by atoms with Crippen molar-refractivity contribution in [3.63, 3.8) is 0 Å². The zero-order valence-corrected chi connectivity index (χ0v) is 13.1. The molecule has 22 heavy (non-hydrogen) atoms. The van der Waals surface area contributed by atoms with Gasteiger partial charge in [-0.15, -0.1) is 5.10 Å². The number of benzene rings is 1. The summed E-state index contributed by atoms with van der Waals surface area (Å²) in [5.41, 5.74) is -1.84. The number of fused-ring (bicyclic) bond motifs is 1. The molecule has 0 saturated carbocycles. The average Bonchev–Trinajstić information content (AvgIpc) is 2.40. The Balaban J connectivity index is 2.23. The summed E-state index contributed by atoms with van der Waals surface area (Å²) in [7, 11) is 0. The lowest BCUT2D eigenvalue weighted by Crippen LogP contribution is -2.58. The molecule has 0 bridgehead atoms. The lowest BCUT2D eigenvalue weighted by atomic mass is 9.86. The Morgan fingerprint density at radius 2 is 1.91 bits per heavy atom. The summed E-state index contributed by atoms with van der Waals surface area (Å²) in [6, 6.07) is 6.82. The fourth-order valence-electron chi connectivity index (χ4n) is 1.80. The zero-order chi connectivity index (χ0) is 16.5. The van der Waals surface area contributed by atoms with Crippen LogP contribution in [-0.4, -0.2) is 37.1 Å². The first-order valence-corrected chi connectivity index (χ1v) is 6.98. The Morgan fingerprint density at radius 3 is 2.55 bits per heavy atom. The van der Waals surface area contributed by atoms with Crippen LogP contribution in [0.25, 0.3) is 10.9 Å². The van der Waals surface area contributed by atoms with Crippen molar-refractivity contribution in [2.45, 2.75) is 45.4 Å². The largest absolute Gasteiger partial charge is 0.388 e. The van der Waals surface area contributed by atoms with Crippen LogP contribution >= 0.6 is 0 Å². The van der Waals surface area contributed by atoms with Gasteiger partial charge in [-0.3, -0.25) is 9.59 Å². The fourth-order valence-corrected chi connectivity index (χ4v) is 1.80. The maximum Gasteiger partial charge on any atom is 0.278 e. The first-order chi connectivity index (χ1) is 10.1. The summed E-state index contributed by atoms with van der Waals surface area (Å²) in [6.45, 7) is 6.38. The van der Waals surface area contributed by atoms with E-state index in [2.05, 4.69) is 15.6 Å². The predicted octanol–water partition coefficient (Wildman–Crippen LogP) is 0.457. The Hall–Kier alpha value is -2.28. The molecule has 2 rings (SSSR count). The molecule has 7 heteroatoms. The Kier molecular flexibility index (Phi) is 4.02. The van der Waals surface area contributed by atoms with Gasteiger partial charge >= 0.3 is 0 Å². The molecule has 0 spiro atoms. The Morgan fingerprint density at radius 1 is 1.27 bits per heavy atom. The number of hydrogen-bond acceptors (Lipinski definition) is 5. The van der Waals surface area contributed by atoms with E-state index in [-0.39, 0.29) is 12.1 Å². The highest BCUT2D eigenvalue weighted by Crippen LogP contribution is 2.20. The molecule has 0 atom stereocenters. The minimum absolute atomic E-state index is 0.254. The summed E-state index contributed by atoms with van der Waals surface area (Å²) in [5, 5.41) is 20.9. The van der Waals surface area contributed by atoms with Crippen molar-refractivity contribution >= 4 is 16.8 Å². The van der Waals surface area contributed by atoms with Crippen LogP contribution in [0.15, 0.2) is 29.1 Å². The van der Waals surface area contributed by atoms with E-state index in [1.54, 1.807) is 52.0 Å². The van der Waals surface area contributed by atoms with E-state index < -0.39 is 17.0 Å². The quantitative estimate of drug-likeness (QED) is 0.855. The molecular formula is C15H20N4O3. The van der Waals surface area contributed by atoms with Gasteiger partial charge in [0.15, 0.2) is 0 Å². The molecule has 0 fully saturated rings. The van der Waals surface area contributed by atoms with E-state index in [9.17, 15) is 14.7 Å². The molecule has 1 heterocycles. The van der Waals surface area contributed by atoms with Crippen molar-refractivity contribution in [3.8, 4) is 0 Å². The van der Waals surface area contributed by atoms with Crippen molar-refractivity contribution in [2.75, 3.05) is 0 Å². The number of carbonyl (C=O) groups excluding carboxylic acids is 1. The molecule has 0 radical (unpaired) electrons. The second-order valence-corrected chi connectivity index (χ2v) is 6.30. The molecule has 0 unspecified atom stereocenters. The van der Waals surface area contributed by atoms with Crippen LogP contribution in [0.5, 0.6) is 0 Å². The van der Waals surface area contributed by atoms with E-state index >= 15 is 0 Å². The number of carbonyl (C=O) groups is 1. The molecule has 118 valence electrons. The monoisotopic (exact) mass is 304 g/mol. The van der Waals surface area contributed by atoms with Gasteiger partial charge in [-0.2, -0.15) is 0 Å². The van der Waals surface area contributed by atoms with Crippen LogP contribution in [0, 0.1) is 0 Å². The third-order valence-electron chi connectivity index (χ3n) is 3.90. The summed E-state index contributed by atoms with van der Waals surface area (Å²) in [4.78, 5) is 24.4. The lowest BCUT2D eigenvalue weighted by Gasteiger charge is -2.37. The summed E-state index contributed by atoms with van der Waals surface area (Å²) in [6.07, 6.45) is 0. The molecule has 1 aromatic heterocycles. The number of amides is 1. The average molecular weight is 304 g/mol. The van der Waals surface area contributed by atoms with Crippen LogP contribution in [0.3, 0.4) is 0 Å². The van der Waals surface area contributed by atoms with Gasteiger partial charge in [-0.1, -0.05) is 17.3 Å². The highest BCUT2D eigenvalue weighted by atomic mass is 16.3. The van der Waals surface area contributed by atoms with E-state index in [4.69, 9.17) is 0 Å². The third kappa shape index (κ3) is 3.14. The SMILES string of the molecule is CC(C)(O)C(C)(C)NC(=O)Cn1nnc2ccccc2c1=O. The molecule has 2 aromatic rings. The number of hydrogen-bond donors (Lipinski definition) is 2. The van der Waals surface area contributed by atoms with Gasteiger partial charge in [0.2, 0.25) is 5.91 Å². The Bertz CT molecular complexity index is 759. The van der Waals surface area contributed by atoms with Gasteiger partial charge in [0.05, 0.1) is 16.5 Å². The number of nitrogens with zero attached hydrogens (tertiary/aromatic N) is 3. The highest BCUT2D eigenvalue weighted by Gasteiger charge is 2.36. The third-order valence-corrected chi connectivity index (χ3v) is 3.90. The van der Waals surface area contributed by atoms with Crippen LogP contribution < -0.4 is 10.9 Å². The molecule has 2 N–H and O–H groups in total. The van der Waals surface area contributed by atoms with E-state index in [1.807, 2.05) is 0 Å². The zero-order valence-electron chi connectivity index (χ0n) is 13.1. The van der Waals surface area contributed by atoms with Crippen molar-refractivity contribution in [1.29, 1.82) is 0 Å². The summed E-state index contributed by atoms with van der Waals surface area (Å²) in [5.74, 6) is -0.418. The minimum atomic E-state index is -1.11. The summed E-state index contributed by atoms with van der Waals surface area (Å²) < 4.78 is 1.01. The van der Waals surface area contributed by atoms with Gasteiger partial charge in [-0.05, 0) is 39.8 Å². The maximum atomic E-state index is 12.3. The van der Waals surface area contributed by atoms with Gasteiger partial charge in [0.1, 0.15) is 12.1 Å². The lowest BCUT2D eigenvalue weighted by molar-refractivity contribution is -0.127. The maximum absolute atomic E-state index is 12.3. The van der Waals surface area contributed by atoms with Crippen molar-refractivity contribution in [3.05, 3.63) is 34.6 Å². The number of rotatable bonds is 4. The second kappa shape index (κ2) is 5.49. The Labute approximate surface area is 128 Å². The number of aliphatic hydroxyl groups is 1. The summed E-state index contributed by atoms with van der Waals surface area (Å²) >= 11 is 0. The number of aromatic nitrogens is 3. The van der Waals surface area contributed by atoms with Crippen molar-refractivity contribution < 1.29 is 9.90 Å². The topological polar surface area (TPSA) is 97.1 Å². The van der Waals surface area contributed by atoms with Crippen molar-refractivity contribution in [1.82, 2.24) is 20.3 Å². The number of nitrogens with one attached hydrogen (secondary N) is 1. The molecule has 0 saturated heterocycles. The standard InChI is InChI=1S/C15H20N4O3/c1-14(2,15(3,4)22)16-12(20)9-19-13(21)10-7-5-6-8-11(10)17-18-19/h5-8,22H,9H2,1-4H3,(H,16,20). The molecule has 1 amide bonds. The van der Waals surface area contributed by atoms with Crippen LogP contribution in [0.1, 0.15) is 27.7 Å². The van der Waals surface area contributed by atoms with E-state index in [1.165, 1.54) is 0 Å². The van der Waals surface area contributed by atoms with Crippen molar-refractivity contribution in [2.24, 2.45) is 0 Å². The molecule has 0 aliphatic carbocycles. The molecule has 0 aliphatic heterocycles. The van der Waals surface area contributed by atoms with Crippen LogP contribution in [0.4, 0.5) is 0 Å². The fraction of sp³-hybridized carbons (Fsp3) is 0.467. The smallest absolute Gasteiger partial charge is 0.278 e. The van der Waals surface area contributed by atoms with E-state index in [0.717, 1.165) is 4.68 Å². The van der Waals surface area contributed by atoms with Crippen LogP contribution in [0.2, 0.25) is 0 Å². The van der Waals surface area contributed by atoms with Gasteiger partial charge in [0, 0.05) is 0 Å². The molecular weight excluding hydrogens is 284 g/mol. The van der Waals surface area contributed by atoms with Gasteiger partial charge in [0.25, 0.3) is 5.56 Å². The highest BCUT2D eigenvalue weighted by molar-refractivity contribution is 5.78. The molecule has 7 nitrogen and oxygen atoms in total. The second-order valence-electron chi connectivity index (χ2n) is 6.30. The normalized spacial score (nSPS) is 12.4. The first kappa shape index (κ1) is 16.1. The minimum Gasteiger partial charge on any atom is -0.388 e. The predicted molar refractivity (Wildman–Crippen MR) is 82.3 cm³/mol. The van der Waals surface area contributed by atoms with Gasteiger partial charge in [-0.25, -0.2) is 4.68 Å². The van der Waals surface area contributed by atoms with Gasteiger partial charge < -0.3 is 10.4 Å². The molecule has 1 aromatic carbocycles. The van der Waals surface area contributed by atoms with E-state index in [0.29, 0.717) is 10.9 Å². The first-order valence-electron chi connectivity index (χ1n) is 6.98. The molecule has 0 aliphatic rings. The van der Waals surface area contributed by atoms with Crippen LogP contribution in [-0.2, 0) is 11.3 Å².